The Labute approximate surface area is 127 Å². The highest BCUT2D eigenvalue weighted by Gasteiger charge is 2.22. The van der Waals surface area contributed by atoms with E-state index >= 15 is 0 Å². The Balaban J connectivity index is 1.86. The molecule has 1 aromatic rings. The van der Waals surface area contributed by atoms with Crippen LogP contribution in [-0.2, 0) is 16.6 Å². The van der Waals surface area contributed by atoms with E-state index in [2.05, 4.69) is 5.32 Å². The van der Waals surface area contributed by atoms with Crippen LogP contribution in [0.25, 0.3) is 0 Å². The second kappa shape index (κ2) is 7.24. The number of methoxy groups -OCH3 is 1. The van der Waals surface area contributed by atoms with Gasteiger partial charge in [-0.05, 0) is 31.9 Å². The molecule has 1 aromatic carbocycles. The minimum Gasteiger partial charge on any atom is -0.496 e. The molecule has 0 saturated heterocycles. The number of nitrogens with one attached hydrogen (secondary N) is 1. The first kappa shape index (κ1) is 16.3. The summed E-state index contributed by atoms with van der Waals surface area (Å²) in [7, 11) is -0.00796. The van der Waals surface area contributed by atoms with Crippen LogP contribution in [0, 0.1) is 0 Å². The van der Waals surface area contributed by atoms with Gasteiger partial charge in [-0.3, -0.25) is 0 Å². The smallest absolute Gasteiger partial charge is 0.214 e. The fourth-order valence-corrected chi connectivity index (χ4v) is 3.33. The fraction of sp³-hybridized carbons (Fsp3) is 0.600. The molecule has 1 saturated carbocycles. The van der Waals surface area contributed by atoms with Gasteiger partial charge in [0, 0.05) is 25.2 Å². The molecule has 1 aliphatic carbocycles. The van der Waals surface area contributed by atoms with Gasteiger partial charge >= 0.3 is 0 Å². The molecule has 0 unspecified atom stereocenters. The first-order valence-electron chi connectivity index (χ1n) is 7.32. The molecule has 5 nitrogen and oxygen atoms in total. The van der Waals surface area contributed by atoms with Crippen LogP contribution < -0.4 is 10.1 Å². The van der Waals surface area contributed by atoms with Crippen LogP contribution >= 0.6 is 0 Å². The van der Waals surface area contributed by atoms with Crippen molar-refractivity contribution < 1.29 is 13.2 Å². The SMILES string of the molecule is COc1ccccc1CN(C)S(=O)(=O)CCCNC1CC1. The number of sulfonamides is 1. The predicted molar refractivity (Wildman–Crippen MR) is 83.9 cm³/mol. The lowest BCUT2D eigenvalue weighted by Gasteiger charge is -2.18. The zero-order valence-electron chi connectivity index (χ0n) is 12.7. The van der Waals surface area contributed by atoms with Crippen LogP contribution in [0.4, 0.5) is 0 Å². The molecule has 0 bridgehead atoms. The lowest BCUT2D eigenvalue weighted by molar-refractivity contribution is 0.398. The summed E-state index contributed by atoms with van der Waals surface area (Å²) < 4.78 is 31.2. The number of nitrogens with zero attached hydrogens (tertiary/aromatic N) is 1. The van der Waals surface area contributed by atoms with Crippen molar-refractivity contribution in [2.75, 3.05) is 26.5 Å². The molecule has 6 heteroatoms. The van der Waals surface area contributed by atoms with Crippen molar-refractivity contribution in [3.05, 3.63) is 29.8 Å². The molecule has 2 rings (SSSR count). The molecule has 0 radical (unpaired) electrons. The molecular weight excluding hydrogens is 288 g/mol. The lowest BCUT2D eigenvalue weighted by atomic mass is 10.2. The van der Waals surface area contributed by atoms with Gasteiger partial charge < -0.3 is 10.1 Å². The van der Waals surface area contributed by atoms with Crippen LogP contribution in [0.5, 0.6) is 5.75 Å². The molecule has 0 aromatic heterocycles. The third-order valence-electron chi connectivity index (χ3n) is 3.65. The quantitative estimate of drug-likeness (QED) is 0.704. The maximum atomic E-state index is 12.3. The van der Waals surface area contributed by atoms with Gasteiger partial charge in [-0.15, -0.1) is 0 Å². The third-order valence-corrected chi connectivity index (χ3v) is 5.53. The van der Waals surface area contributed by atoms with Crippen molar-refractivity contribution >= 4 is 10.0 Å². The minimum atomic E-state index is -3.22. The van der Waals surface area contributed by atoms with Crippen LogP contribution in [0.3, 0.4) is 0 Å². The van der Waals surface area contributed by atoms with E-state index in [1.165, 1.54) is 17.1 Å². The summed E-state index contributed by atoms with van der Waals surface area (Å²) in [5.41, 5.74) is 0.877. The van der Waals surface area contributed by atoms with E-state index in [1.54, 1.807) is 14.2 Å². The number of benzene rings is 1. The van der Waals surface area contributed by atoms with E-state index in [4.69, 9.17) is 4.74 Å². The highest BCUT2D eigenvalue weighted by molar-refractivity contribution is 7.89. The normalized spacial score (nSPS) is 15.4. The van der Waals surface area contributed by atoms with E-state index in [0.717, 1.165) is 17.9 Å². The largest absolute Gasteiger partial charge is 0.496 e. The summed E-state index contributed by atoms with van der Waals surface area (Å²) in [6.07, 6.45) is 3.09. The first-order valence-corrected chi connectivity index (χ1v) is 8.93. The van der Waals surface area contributed by atoms with Crippen molar-refractivity contribution in [3.63, 3.8) is 0 Å². The molecule has 0 heterocycles. The standard InChI is InChI=1S/C15H24N2O3S/c1-17(12-13-6-3-4-7-15(13)20-2)21(18,19)11-5-10-16-14-8-9-14/h3-4,6-7,14,16H,5,8-12H2,1-2H3. The number of hydrogen-bond acceptors (Lipinski definition) is 4. The van der Waals surface area contributed by atoms with Gasteiger partial charge in [-0.1, -0.05) is 18.2 Å². The second-order valence-corrected chi connectivity index (χ2v) is 7.66. The molecule has 0 amide bonds. The summed E-state index contributed by atoms with van der Waals surface area (Å²) in [5.74, 6) is 0.896. The van der Waals surface area contributed by atoms with Gasteiger partial charge in [0.15, 0.2) is 0 Å². The number of rotatable bonds is 9. The van der Waals surface area contributed by atoms with Crippen molar-refractivity contribution in [3.8, 4) is 5.75 Å². The third kappa shape index (κ3) is 4.98. The van der Waals surface area contributed by atoms with Crippen LogP contribution in [0.2, 0.25) is 0 Å². The highest BCUT2D eigenvalue weighted by Crippen LogP contribution is 2.20. The molecule has 1 fully saturated rings. The Morgan fingerprint density at radius 1 is 1.33 bits per heavy atom. The van der Waals surface area contributed by atoms with Gasteiger partial charge in [0.25, 0.3) is 0 Å². The van der Waals surface area contributed by atoms with E-state index in [0.29, 0.717) is 19.0 Å². The average Bonchev–Trinajstić information content (AvgIpc) is 3.28. The van der Waals surface area contributed by atoms with E-state index in [1.807, 2.05) is 24.3 Å². The molecule has 0 aliphatic heterocycles. The maximum Gasteiger partial charge on any atom is 0.214 e. The summed E-state index contributed by atoms with van der Waals surface area (Å²) >= 11 is 0. The Hall–Kier alpha value is -1.11. The molecule has 1 aliphatic rings. The van der Waals surface area contributed by atoms with E-state index < -0.39 is 10.0 Å². The Kier molecular flexibility index (Phi) is 5.61. The minimum absolute atomic E-state index is 0.179. The van der Waals surface area contributed by atoms with Crippen LogP contribution in [0.1, 0.15) is 24.8 Å². The molecule has 21 heavy (non-hydrogen) atoms. The predicted octanol–water partition coefficient (Wildman–Crippen LogP) is 1.60. The molecule has 118 valence electrons. The fourth-order valence-electron chi connectivity index (χ4n) is 2.18. The average molecular weight is 312 g/mol. The van der Waals surface area contributed by atoms with Crippen molar-refractivity contribution in [1.29, 1.82) is 0 Å². The lowest BCUT2D eigenvalue weighted by Crippen LogP contribution is -2.30. The van der Waals surface area contributed by atoms with Crippen molar-refractivity contribution in [1.82, 2.24) is 9.62 Å². The Morgan fingerprint density at radius 2 is 2.05 bits per heavy atom. The summed E-state index contributed by atoms with van der Waals surface area (Å²) in [5, 5.41) is 3.33. The number of ether oxygens (including phenoxy) is 1. The number of hydrogen-bond donors (Lipinski definition) is 1. The summed E-state index contributed by atoms with van der Waals surface area (Å²) in [6.45, 7) is 1.11. The Bertz CT molecular complexity index is 556. The molecular formula is C15H24N2O3S. The summed E-state index contributed by atoms with van der Waals surface area (Å²) in [6, 6.07) is 8.12. The van der Waals surface area contributed by atoms with E-state index in [9.17, 15) is 8.42 Å². The van der Waals surface area contributed by atoms with Gasteiger partial charge in [-0.25, -0.2) is 12.7 Å². The first-order chi connectivity index (χ1) is 10.0. The molecule has 0 spiro atoms. The monoisotopic (exact) mass is 312 g/mol. The zero-order chi connectivity index (χ0) is 15.3. The zero-order valence-corrected chi connectivity index (χ0v) is 13.5. The van der Waals surface area contributed by atoms with E-state index in [-0.39, 0.29) is 5.75 Å². The van der Waals surface area contributed by atoms with Gasteiger partial charge in [0.05, 0.1) is 12.9 Å². The number of para-hydroxylation sites is 1. The van der Waals surface area contributed by atoms with Crippen LogP contribution in [0.15, 0.2) is 24.3 Å². The topological polar surface area (TPSA) is 58.6 Å². The molecule has 0 atom stereocenters. The molecule has 1 N–H and O–H groups in total. The second-order valence-electron chi connectivity index (χ2n) is 5.47. The summed E-state index contributed by atoms with van der Waals surface area (Å²) in [4.78, 5) is 0. The van der Waals surface area contributed by atoms with Gasteiger partial charge in [0.2, 0.25) is 10.0 Å². The van der Waals surface area contributed by atoms with Crippen molar-refractivity contribution in [2.24, 2.45) is 0 Å². The van der Waals surface area contributed by atoms with Crippen molar-refractivity contribution in [2.45, 2.75) is 31.8 Å². The van der Waals surface area contributed by atoms with Gasteiger partial charge in [0.1, 0.15) is 5.75 Å². The maximum absolute atomic E-state index is 12.3. The van der Waals surface area contributed by atoms with Gasteiger partial charge in [-0.2, -0.15) is 0 Å². The Morgan fingerprint density at radius 3 is 2.71 bits per heavy atom. The van der Waals surface area contributed by atoms with Crippen LogP contribution in [-0.4, -0.2) is 45.2 Å². The highest BCUT2D eigenvalue weighted by atomic mass is 32.2.